The molecule has 1 aliphatic carbocycles. The number of carbonyl (C=O) groups excluding carboxylic acids is 2. The molecule has 2 fully saturated rings. The second-order valence-electron chi connectivity index (χ2n) is 5.61. The first-order valence-electron chi connectivity index (χ1n) is 6.78. The third-order valence-corrected chi connectivity index (χ3v) is 6.00. The topological polar surface area (TPSA) is 43.4 Å². The normalized spacial score (nSPS) is 23.9. The second kappa shape index (κ2) is 5.25. The Hall–Kier alpha value is -0.580. The summed E-state index contributed by atoms with van der Waals surface area (Å²) < 4.78 is 6.20. The third-order valence-electron chi connectivity index (χ3n) is 4.38. The van der Waals surface area contributed by atoms with Gasteiger partial charge in [0.15, 0.2) is 11.4 Å². The smallest absolute Gasteiger partial charge is 0.322 e. The van der Waals surface area contributed by atoms with Gasteiger partial charge in [0.25, 0.3) is 0 Å². The molecule has 3 rings (SSSR count). The largest absolute Gasteiger partial charge is 0.450 e. The summed E-state index contributed by atoms with van der Waals surface area (Å²) in [6, 6.07) is 1.66. The van der Waals surface area contributed by atoms with E-state index in [2.05, 4.69) is 15.9 Å². The molecule has 0 bridgehead atoms. The van der Waals surface area contributed by atoms with Crippen LogP contribution in [-0.4, -0.2) is 17.4 Å². The molecule has 3 nitrogen and oxygen atoms in total. The quantitative estimate of drug-likeness (QED) is 0.519. The van der Waals surface area contributed by atoms with Crippen molar-refractivity contribution in [1.82, 2.24) is 0 Å². The van der Waals surface area contributed by atoms with Gasteiger partial charge in [-0.05, 0) is 44.2 Å². The number of benzene rings is 1. The van der Waals surface area contributed by atoms with Gasteiger partial charge in [-0.25, -0.2) is 0 Å². The van der Waals surface area contributed by atoms with E-state index >= 15 is 0 Å². The van der Waals surface area contributed by atoms with Crippen molar-refractivity contribution in [3.63, 3.8) is 0 Å². The van der Waals surface area contributed by atoms with E-state index in [4.69, 9.17) is 27.9 Å². The molecule has 1 spiro atoms. The number of halogens is 3. The Labute approximate surface area is 141 Å². The molecule has 112 valence electrons. The Morgan fingerprint density at radius 3 is 2.52 bits per heavy atom. The number of ketones is 1. The van der Waals surface area contributed by atoms with Crippen LogP contribution in [0.4, 0.5) is 0 Å². The molecule has 1 aromatic rings. The number of hydrogen-bond donors (Lipinski definition) is 0. The number of carbonyl (C=O) groups is 2. The molecular formula is C15H13BrCl2O3. The zero-order valence-electron chi connectivity index (χ0n) is 11.3. The molecular weight excluding hydrogens is 379 g/mol. The van der Waals surface area contributed by atoms with Crippen molar-refractivity contribution >= 4 is 50.9 Å². The second-order valence-corrected chi connectivity index (χ2v) is 7.25. The minimum atomic E-state index is -1.00. The van der Waals surface area contributed by atoms with E-state index in [1.54, 1.807) is 6.07 Å². The summed E-state index contributed by atoms with van der Waals surface area (Å²) in [6.07, 6.45) is 2.98. The summed E-state index contributed by atoms with van der Waals surface area (Å²) in [5.74, 6) is -1.74. The Bertz CT molecular complexity index is 651. The lowest BCUT2D eigenvalue weighted by atomic mass is 9.86. The van der Waals surface area contributed by atoms with Crippen molar-refractivity contribution in [3.05, 3.63) is 31.7 Å². The minimum Gasteiger partial charge on any atom is -0.450 e. The van der Waals surface area contributed by atoms with Crippen LogP contribution in [0.5, 0.6) is 0 Å². The van der Waals surface area contributed by atoms with Crippen molar-refractivity contribution < 1.29 is 14.3 Å². The molecule has 1 heterocycles. The first-order valence-corrected chi connectivity index (χ1v) is 8.33. The fourth-order valence-electron chi connectivity index (χ4n) is 3.19. The van der Waals surface area contributed by atoms with Gasteiger partial charge in [-0.1, -0.05) is 39.1 Å². The Kier molecular flexibility index (Phi) is 3.83. The highest BCUT2D eigenvalue weighted by Crippen LogP contribution is 2.48. The van der Waals surface area contributed by atoms with Gasteiger partial charge in [-0.15, -0.1) is 0 Å². The van der Waals surface area contributed by atoms with Gasteiger partial charge >= 0.3 is 5.97 Å². The van der Waals surface area contributed by atoms with Crippen LogP contribution in [-0.2, 0) is 14.3 Å². The summed E-state index contributed by atoms with van der Waals surface area (Å²) in [7, 11) is 0. The molecule has 0 aromatic heterocycles. The SMILES string of the molecule is Cc1c(Br)cc(Cl)c(C2C(=O)OC3(CCCC3)C2=O)c1Cl. The van der Waals surface area contributed by atoms with E-state index < -0.39 is 17.5 Å². The molecule has 0 N–H and O–H groups in total. The van der Waals surface area contributed by atoms with Crippen molar-refractivity contribution in [2.75, 3.05) is 0 Å². The molecule has 1 atom stereocenters. The Morgan fingerprint density at radius 2 is 1.90 bits per heavy atom. The van der Waals surface area contributed by atoms with Crippen LogP contribution in [0.15, 0.2) is 10.5 Å². The van der Waals surface area contributed by atoms with Crippen molar-refractivity contribution in [2.24, 2.45) is 0 Å². The molecule has 0 amide bonds. The Morgan fingerprint density at radius 1 is 1.29 bits per heavy atom. The number of Topliss-reactive ketones (excluding diaryl/α,β-unsaturated/α-hetero) is 1. The average molecular weight is 392 g/mol. The average Bonchev–Trinajstić information content (AvgIpc) is 2.97. The maximum atomic E-state index is 12.8. The van der Waals surface area contributed by atoms with Gasteiger partial charge in [0.2, 0.25) is 0 Å². The van der Waals surface area contributed by atoms with E-state index in [0.29, 0.717) is 28.5 Å². The standard InChI is InChI=1S/C15H13BrCl2O3/c1-7-8(16)6-9(17)10(12(7)18)11-13(19)15(21-14(11)20)4-2-3-5-15/h6,11H,2-5H2,1H3. The van der Waals surface area contributed by atoms with Crippen molar-refractivity contribution in [3.8, 4) is 0 Å². The summed E-state index contributed by atoms with van der Waals surface area (Å²) in [5.41, 5.74) is 0.178. The maximum Gasteiger partial charge on any atom is 0.322 e. The minimum absolute atomic E-state index is 0.199. The van der Waals surface area contributed by atoms with Gasteiger partial charge in [0, 0.05) is 15.1 Å². The molecule has 2 aliphatic rings. The monoisotopic (exact) mass is 390 g/mol. The molecule has 21 heavy (non-hydrogen) atoms. The van der Waals surface area contributed by atoms with Gasteiger partial charge in [-0.2, -0.15) is 0 Å². The van der Waals surface area contributed by atoms with Crippen molar-refractivity contribution in [2.45, 2.75) is 44.1 Å². The van der Waals surface area contributed by atoms with Crippen LogP contribution in [0.3, 0.4) is 0 Å². The molecule has 1 saturated heterocycles. The molecule has 1 unspecified atom stereocenters. The van der Waals surface area contributed by atoms with E-state index in [-0.39, 0.29) is 5.78 Å². The van der Waals surface area contributed by atoms with Gasteiger partial charge in [-0.3, -0.25) is 9.59 Å². The fraction of sp³-hybridized carbons (Fsp3) is 0.467. The van der Waals surface area contributed by atoms with Crippen LogP contribution in [0.2, 0.25) is 10.0 Å². The van der Waals surface area contributed by atoms with Gasteiger partial charge < -0.3 is 4.74 Å². The van der Waals surface area contributed by atoms with E-state index in [9.17, 15) is 9.59 Å². The molecule has 0 radical (unpaired) electrons. The maximum absolute atomic E-state index is 12.8. The summed E-state index contributed by atoms with van der Waals surface area (Å²) >= 11 is 15.9. The van der Waals surface area contributed by atoms with E-state index in [0.717, 1.165) is 22.9 Å². The predicted octanol–water partition coefficient (Wildman–Crippen LogP) is 4.59. The zero-order valence-corrected chi connectivity index (χ0v) is 14.4. The number of rotatable bonds is 1. The third kappa shape index (κ3) is 2.23. The highest BCUT2D eigenvalue weighted by Gasteiger charge is 2.57. The number of ether oxygens (including phenoxy) is 1. The summed E-state index contributed by atoms with van der Waals surface area (Å²) in [4.78, 5) is 25.0. The van der Waals surface area contributed by atoms with Crippen LogP contribution in [0.1, 0.15) is 42.7 Å². The van der Waals surface area contributed by atoms with Crippen LogP contribution in [0.25, 0.3) is 0 Å². The highest BCUT2D eigenvalue weighted by atomic mass is 79.9. The van der Waals surface area contributed by atoms with Gasteiger partial charge in [0.05, 0.1) is 5.02 Å². The molecule has 1 saturated carbocycles. The molecule has 1 aliphatic heterocycles. The molecule has 1 aromatic carbocycles. The molecule has 6 heteroatoms. The van der Waals surface area contributed by atoms with E-state index in [1.165, 1.54) is 0 Å². The predicted molar refractivity (Wildman–Crippen MR) is 83.9 cm³/mol. The zero-order chi connectivity index (χ0) is 15.4. The Balaban J connectivity index is 2.11. The summed E-state index contributed by atoms with van der Waals surface area (Å²) in [5, 5.41) is 0.655. The fourth-order valence-corrected chi connectivity index (χ4v) is 4.54. The van der Waals surface area contributed by atoms with Crippen LogP contribution >= 0.6 is 39.1 Å². The van der Waals surface area contributed by atoms with Crippen molar-refractivity contribution in [1.29, 1.82) is 0 Å². The number of hydrogen-bond acceptors (Lipinski definition) is 3. The van der Waals surface area contributed by atoms with E-state index in [1.807, 2.05) is 6.92 Å². The van der Waals surface area contributed by atoms with Gasteiger partial charge in [0.1, 0.15) is 5.92 Å². The number of esters is 1. The first kappa shape index (κ1) is 15.3. The lowest BCUT2D eigenvalue weighted by molar-refractivity contribution is -0.151. The first-order chi connectivity index (χ1) is 9.87. The highest BCUT2D eigenvalue weighted by molar-refractivity contribution is 9.10. The van der Waals surface area contributed by atoms with Crippen LogP contribution in [0, 0.1) is 6.92 Å². The summed E-state index contributed by atoms with van der Waals surface area (Å²) in [6.45, 7) is 1.81. The lowest BCUT2D eigenvalue weighted by Crippen LogP contribution is -2.33. The van der Waals surface area contributed by atoms with Crippen LogP contribution < -0.4 is 0 Å². The lowest BCUT2D eigenvalue weighted by Gasteiger charge is -2.19.